The number of para-hydroxylation sites is 2. The lowest BCUT2D eigenvalue weighted by atomic mass is 10.1. The van der Waals surface area contributed by atoms with Crippen molar-refractivity contribution >= 4 is 69.1 Å². The van der Waals surface area contributed by atoms with E-state index in [1.54, 1.807) is 48.5 Å². The highest BCUT2D eigenvalue weighted by molar-refractivity contribution is 7.81. The number of nitrogens with one attached hydrogen (secondary N) is 4. The van der Waals surface area contributed by atoms with E-state index in [-0.39, 0.29) is 32.5 Å². The molecule has 2 aromatic carbocycles. The largest absolute Gasteiger partial charge is 0.345 e. The van der Waals surface area contributed by atoms with Gasteiger partial charge in [-0.15, -0.1) is 0 Å². The number of carbonyl (C=O) groups excluding carboxylic acids is 2. The maximum atomic E-state index is 13.0. The Morgan fingerprint density at radius 1 is 0.647 bits per heavy atom. The number of ketones is 2. The summed E-state index contributed by atoms with van der Waals surface area (Å²) in [6, 6.07) is 22.1. The van der Waals surface area contributed by atoms with Gasteiger partial charge in [0.05, 0.1) is 0 Å². The zero-order valence-electron chi connectivity index (χ0n) is 17.6. The number of rotatable bonds is 8. The van der Waals surface area contributed by atoms with Crippen LogP contribution in [-0.4, -0.2) is 38.3 Å². The molecule has 0 aliphatic rings. The number of carbonyl (C=O) groups is 2. The standard InChI is InChI=1S/C25H17N5O2S2/c26-14-18(24(33)28-16-8-3-1-4-9-16)22(31)20-12-7-13-21(30-20)23(32)19(15-27)25(34)29-17-10-5-2-6-11-17/h1-13,26-27H,(H,28,33)(H,29,34). The van der Waals surface area contributed by atoms with Crippen LogP contribution < -0.4 is 10.6 Å². The number of nitrogens with zero attached hydrogens (tertiary/aromatic N) is 1. The zero-order valence-corrected chi connectivity index (χ0v) is 19.2. The molecule has 0 saturated carbocycles. The summed E-state index contributed by atoms with van der Waals surface area (Å²) in [5.74, 6) is 2.76. The second-order valence-corrected chi connectivity index (χ2v) is 7.52. The first-order valence-electron chi connectivity index (χ1n) is 9.83. The van der Waals surface area contributed by atoms with E-state index in [4.69, 9.17) is 35.3 Å². The lowest BCUT2D eigenvalue weighted by molar-refractivity contribution is 0.103. The molecule has 0 saturated heterocycles. The van der Waals surface area contributed by atoms with Crippen molar-refractivity contribution in [3.63, 3.8) is 0 Å². The predicted octanol–water partition coefficient (Wildman–Crippen LogP) is 4.68. The van der Waals surface area contributed by atoms with Crippen molar-refractivity contribution in [2.75, 3.05) is 10.6 Å². The molecule has 0 bridgehead atoms. The fourth-order valence-electron chi connectivity index (χ4n) is 2.81. The van der Waals surface area contributed by atoms with E-state index < -0.39 is 11.6 Å². The molecule has 3 rings (SSSR count). The Kier molecular flexibility index (Phi) is 8.18. The molecule has 0 atom stereocenters. The van der Waals surface area contributed by atoms with Gasteiger partial charge >= 0.3 is 0 Å². The van der Waals surface area contributed by atoms with E-state index in [2.05, 4.69) is 27.4 Å². The minimum absolute atomic E-state index is 0.00181. The molecule has 0 amide bonds. The van der Waals surface area contributed by atoms with Crippen LogP contribution in [0.2, 0.25) is 0 Å². The number of benzene rings is 2. The minimum atomic E-state index is -0.677. The number of pyridine rings is 1. The topological polar surface area (TPSA) is 119 Å². The summed E-state index contributed by atoms with van der Waals surface area (Å²) >= 11 is 10.5. The summed E-state index contributed by atoms with van der Waals surface area (Å²) < 4.78 is 0. The van der Waals surface area contributed by atoms with Gasteiger partial charge in [0, 0.05) is 11.4 Å². The molecule has 0 fully saturated rings. The second-order valence-electron chi connectivity index (χ2n) is 6.71. The van der Waals surface area contributed by atoms with Crippen LogP contribution in [0.1, 0.15) is 21.0 Å². The first-order valence-corrected chi connectivity index (χ1v) is 10.6. The molecule has 7 nitrogen and oxygen atoms in total. The average molecular weight is 484 g/mol. The van der Waals surface area contributed by atoms with Crippen molar-refractivity contribution in [3.05, 3.63) is 101 Å². The molecule has 3 aromatic rings. The number of hydrogen-bond donors (Lipinski definition) is 4. The molecule has 0 unspecified atom stereocenters. The normalized spacial score (nSPS) is 9.65. The van der Waals surface area contributed by atoms with Crippen LogP contribution in [0.15, 0.2) is 90.0 Å². The van der Waals surface area contributed by atoms with Gasteiger partial charge < -0.3 is 10.6 Å². The van der Waals surface area contributed by atoms with Gasteiger partial charge in [-0.1, -0.05) is 66.9 Å². The summed E-state index contributed by atoms with van der Waals surface area (Å²) in [7, 11) is 0. The van der Waals surface area contributed by atoms with Gasteiger partial charge in [-0.2, -0.15) is 0 Å². The Hall–Kier alpha value is -4.39. The van der Waals surface area contributed by atoms with Crippen LogP contribution >= 0.6 is 24.4 Å². The molecular formula is C25H17N5O2S2. The van der Waals surface area contributed by atoms with E-state index in [9.17, 15) is 9.59 Å². The Bertz CT molecular complexity index is 1270. The number of anilines is 2. The summed E-state index contributed by atoms with van der Waals surface area (Å²) in [5.41, 5.74) is 0.656. The minimum Gasteiger partial charge on any atom is -0.345 e. The zero-order chi connectivity index (χ0) is 24.5. The lowest BCUT2D eigenvalue weighted by Gasteiger charge is -2.10. The van der Waals surface area contributed by atoms with E-state index in [1.165, 1.54) is 18.2 Å². The average Bonchev–Trinajstić information content (AvgIpc) is 2.86. The van der Waals surface area contributed by atoms with E-state index >= 15 is 0 Å². The third-order valence-electron chi connectivity index (χ3n) is 4.44. The summed E-state index contributed by atoms with van der Waals surface area (Å²) in [6.45, 7) is 0. The number of Topliss-reactive ketones (excluding diaryl/α,β-unsaturated/α-hetero) is 2. The third kappa shape index (κ3) is 5.89. The predicted molar refractivity (Wildman–Crippen MR) is 141 cm³/mol. The van der Waals surface area contributed by atoms with Gasteiger partial charge in [0.15, 0.2) is 0 Å². The smallest absolute Gasteiger partial charge is 0.223 e. The Morgan fingerprint density at radius 2 is 1.03 bits per heavy atom. The molecule has 1 heterocycles. The van der Waals surface area contributed by atoms with E-state index in [1.807, 2.05) is 12.1 Å². The van der Waals surface area contributed by atoms with Gasteiger partial charge in [-0.05, 0) is 48.1 Å². The van der Waals surface area contributed by atoms with Crippen LogP contribution in [0.25, 0.3) is 0 Å². The molecule has 0 spiro atoms. The van der Waals surface area contributed by atoms with Gasteiger partial charge in [-0.3, -0.25) is 20.4 Å². The van der Waals surface area contributed by atoms with Crippen LogP contribution in [0.4, 0.5) is 11.4 Å². The highest BCUT2D eigenvalue weighted by atomic mass is 32.1. The van der Waals surface area contributed by atoms with Crippen molar-refractivity contribution in [3.8, 4) is 0 Å². The number of aromatic nitrogens is 1. The fraction of sp³-hybridized carbons (Fsp3) is 0. The third-order valence-corrected chi connectivity index (χ3v) is 5.05. The van der Waals surface area contributed by atoms with Crippen LogP contribution in [0.5, 0.6) is 0 Å². The monoisotopic (exact) mass is 483 g/mol. The highest BCUT2D eigenvalue weighted by Gasteiger charge is 2.23. The number of hydrogen-bond acceptors (Lipinski definition) is 7. The van der Waals surface area contributed by atoms with Crippen molar-refractivity contribution < 1.29 is 9.59 Å². The Labute approximate surface area is 206 Å². The van der Waals surface area contributed by atoms with Gasteiger partial charge in [0.2, 0.25) is 11.6 Å². The van der Waals surface area contributed by atoms with Gasteiger partial charge in [0.25, 0.3) is 0 Å². The van der Waals surface area contributed by atoms with E-state index in [0.29, 0.717) is 11.4 Å². The summed E-state index contributed by atoms with van der Waals surface area (Å²) in [6.07, 6.45) is 0. The van der Waals surface area contributed by atoms with Crippen molar-refractivity contribution in [1.29, 1.82) is 10.8 Å². The molecule has 4 N–H and O–H groups in total. The molecule has 0 radical (unpaired) electrons. The van der Waals surface area contributed by atoms with Crippen molar-refractivity contribution in [1.82, 2.24) is 4.98 Å². The molecule has 0 aliphatic heterocycles. The Balaban J connectivity index is 1.81. The first kappa shape index (κ1) is 24.3. The maximum Gasteiger partial charge on any atom is 0.223 e. The lowest BCUT2D eigenvalue weighted by Crippen LogP contribution is -2.22. The molecule has 1 aromatic heterocycles. The summed E-state index contributed by atoms with van der Waals surface area (Å²) in [4.78, 5) is 30.1. The molecule has 34 heavy (non-hydrogen) atoms. The molecule has 166 valence electrons. The van der Waals surface area contributed by atoms with Crippen molar-refractivity contribution in [2.45, 2.75) is 0 Å². The highest BCUT2D eigenvalue weighted by Crippen LogP contribution is 2.14. The SMILES string of the molecule is N=C=C(C(=O)c1cccc(C(=O)C(=C=N)C(=S)Nc2ccccc2)n1)C(=S)Nc1ccccc1. The first-order chi connectivity index (χ1) is 16.4. The maximum absolute atomic E-state index is 13.0. The second kappa shape index (κ2) is 11.5. The molecule has 9 heteroatoms. The Morgan fingerprint density at radius 3 is 1.38 bits per heavy atom. The van der Waals surface area contributed by atoms with Gasteiger partial charge in [0.1, 0.15) is 32.5 Å². The van der Waals surface area contributed by atoms with Crippen LogP contribution in [0.3, 0.4) is 0 Å². The van der Waals surface area contributed by atoms with Crippen LogP contribution in [-0.2, 0) is 0 Å². The van der Waals surface area contributed by atoms with Crippen LogP contribution in [0, 0.1) is 10.8 Å². The van der Waals surface area contributed by atoms with Crippen molar-refractivity contribution in [2.24, 2.45) is 0 Å². The molecule has 0 aliphatic carbocycles. The summed E-state index contributed by atoms with van der Waals surface area (Å²) in [5, 5.41) is 20.8. The van der Waals surface area contributed by atoms with Gasteiger partial charge in [-0.25, -0.2) is 4.98 Å². The fourth-order valence-corrected chi connectivity index (χ4v) is 3.33. The number of thiocarbonyl (C=S) groups is 2. The quantitative estimate of drug-likeness (QED) is 0.159. The van der Waals surface area contributed by atoms with E-state index in [0.717, 1.165) is 0 Å². The molecular weight excluding hydrogens is 466 g/mol.